The fraction of sp³-hybridized carbons (Fsp3) is 0.667. The molecule has 26 heavy (non-hydrogen) atoms. The largest absolute Gasteiger partial charge is 0.375 e. The molecule has 0 spiro atoms. The summed E-state index contributed by atoms with van der Waals surface area (Å²) in [5.74, 6) is 0.188. The molecule has 0 saturated carbocycles. The van der Waals surface area contributed by atoms with Crippen LogP contribution in [0.3, 0.4) is 0 Å². The van der Waals surface area contributed by atoms with Crippen molar-refractivity contribution in [2.45, 2.75) is 38.8 Å². The molecule has 0 unspecified atom stereocenters. The smallest absolute Gasteiger partial charge is 0.226 e. The van der Waals surface area contributed by atoms with Gasteiger partial charge in [-0.05, 0) is 45.0 Å². The van der Waals surface area contributed by atoms with Crippen molar-refractivity contribution in [3.8, 4) is 0 Å². The lowest BCUT2D eigenvalue weighted by Gasteiger charge is -2.37. The fourth-order valence-electron chi connectivity index (χ4n) is 3.84. The lowest BCUT2D eigenvalue weighted by molar-refractivity contribution is -0.133. The number of nitrogens with one attached hydrogen (secondary N) is 1. The second-order valence-corrected chi connectivity index (χ2v) is 8.14. The summed E-state index contributed by atoms with van der Waals surface area (Å²) >= 11 is 0. The summed E-state index contributed by atoms with van der Waals surface area (Å²) in [6, 6.07) is 10.6. The van der Waals surface area contributed by atoms with Gasteiger partial charge in [0, 0.05) is 38.2 Å². The Kier molecular flexibility index (Phi) is 6.68. The van der Waals surface area contributed by atoms with E-state index in [1.807, 2.05) is 0 Å². The van der Waals surface area contributed by atoms with Gasteiger partial charge in [0.25, 0.3) is 0 Å². The number of hydrogen-bond donors (Lipinski definition) is 1. The molecule has 0 bridgehead atoms. The number of carbonyl (C=O) groups excluding carboxylic acids is 1. The van der Waals surface area contributed by atoms with Gasteiger partial charge >= 0.3 is 0 Å². The van der Waals surface area contributed by atoms with Crippen molar-refractivity contribution < 1.29 is 9.53 Å². The van der Waals surface area contributed by atoms with Crippen LogP contribution in [0.25, 0.3) is 0 Å². The molecular formula is C21H33N3O2. The van der Waals surface area contributed by atoms with E-state index in [0.717, 1.165) is 58.6 Å². The van der Waals surface area contributed by atoms with E-state index in [1.165, 1.54) is 5.56 Å². The molecule has 2 saturated heterocycles. The first kappa shape index (κ1) is 19.3. The van der Waals surface area contributed by atoms with Crippen LogP contribution in [0.1, 0.15) is 31.7 Å². The number of likely N-dealkylation sites (tertiary alicyclic amines) is 1. The summed E-state index contributed by atoms with van der Waals surface area (Å²) in [6.45, 7) is 8.33. The van der Waals surface area contributed by atoms with Gasteiger partial charge in [0.05, 0.1) is 6.10 Å². The predicted octanol–water partition coefficient (Wildman–Crippen LogP) is 2.13. The Balaban J connectivity index is 1.49. The molecule has 1 aromatic rings. The van der Waals surface area contributed by atoms with Crippen molar-refractivity contribution in [2.75, 3.05) is 46.4 Å². The summed E-state index contributed by atoms with van der Waals surface area (Å²) < 4.78 is 5.99. The molecule has 0 aliphatic carbocycles. The second-order valence-electron chi connectivity index (χ2n) is 8.14. The molecule has 3 rings (SSSR count). The van der Waals surface area contributed by atoms with E-state index in [0.29, 0.717) is 6.54 Å². The highest BCUT2D eigenvalue weighted by Gasteiger charge is 2.36. The number of rotatable bonds is 5. The van der Waals surface area contributed by atoms with Gasteiger partial charge in [-0.3, -0.25) is 9.69 Å². The van der Waals surface area contributed by atoms with Crippen LogP contribution in [-0.4, -0.2) is 68.2 Å². The average Bonchev–Trinajstić information content (AvgIpc) is 2.88. The van der Waals surface area contributed by atoms with Gasteiger partial charge in [0.1, 0.15) is 0 Å². The third-order valence-electron chi connectivity index (χ3n) is 5.81. The Bertz CT molecular complexity index is 570. The van der Waals surface area contributed by atoms with Gasteiger partial charge in [0.15, 0.2) is 0 Å². The van der Waals surface area contributed by atoms with Crippen LogP contribution in [0.15, 0.2) is 30.3 Å². The van der Waals surface area contributed by atoms with E-state index in [-0.39, 0.29) is 17.4 Å². The first-order chi connectivity index (χ1) is 12.5. The molecule has 1 N–H and O–H groups in total. The number of benzene rings is 1. The van der Waals surface area contributed by atoms with Crippen LogP contribution in [0.2, 0.25) is 0 Å². The van der Waals surface area contributed by atoms with Crippen molar-refractivity contribution in [1.29, 1.82) is 0 Å². The molecule has 1 amide bonds. The van der Waals surface area contributed by atoms with Crippen LogP contribution >= 0.6 is 0 Å². The number of carbonyl (C=O) groups is 1. The molecule has 2 heterocycles. The lowest BCUT2D eigenvalue weighted by Crippen LogP contribution is -2.49. The van der Waals surface area contributed by atoms with E-state index < -0.39 is 0 Å². The van der Waals surface area contributed by atoms with E-state index in [9.17, 15) is 4.79 Å². The predicted molar refractivity (Wildman–Crippen MR) is 104 cm³/mol. The van der Waals surface area contributed by atoms with Crippen LogP contribution in [0, 0.1) is 5.41 Å². The van der Waals surface area contributed by atoms with Crippen molar-refractivity contribution in [3.05, 3.63) is 35.9 Å². The Labute approximate surface area is 157 Å². The highest BCUT2D eigenvalue weighted by molar-refractivity contribution is 5.82. The van der Waals surface area contributed by atoms with Gasteiger partial charge < -0.3 is 15.0 Å². The molecule has 5 heteroatoms. The fourth-order valence-corrected chi connectivity index (χ4v) is 3.84. The van der Waals surface area contributed by atoms with E-state index >= 15 is 0 Å². The number of ether oxygens (including phenoxy) is 1. The van der Waals surface area contributed by atoms with Crippen molar-refractivity contribution in [3.63, 3.8) is 0 Å². The Morgan fingerprint density at radius 3 is 2.69 bits per heavy atom. The number of hydrogen-bond acceptors (Lipinski definition) is 4. The topological polar surface area (TPSA) is 44.8 Å². The first-order valence-corrected chi connectivity index (χ1v) is 9.90. The quantitative estimate of drug-likeness (QED) is 0.875. The minimum Gasteiger partial charge on any atom is -0.375 e. The third-order valence-corrected chi connectivity index (χ3v) is 5.81. The maximum atomic E-state index is 12.7. The minimum absolute atomic E-state index is 0.0695. The van der Waals surface area contributed by atoms with Crippen molar-refractivity contribution in [1.82, 2.24) is 15.1 Å². The van der Waals surface area contributed by atoms with Crippen LogP contribution in [-0.2, 0) is 16.1 Å². The van der Waals surface area contributed by atoms with E-state index in [2.05, 4.69) is 59.4 Å². The standard InChI is InChI=1S/C21H33N3O2/c1-21(9-12-23(2)13-10-21)20(25)22-15-19-17-24(11-6-14-26-19)16-18-7-4-3-5-8-18/h3-5,7-8,19H,6,9-17H2,1-2H3,(H,22,25)/t19-/m1/s1. The van der Waals surface area contributed by atoms with E-state index in [4.69, 9.17) is 4.74 Å². The monoisotopic (exact) mass is 359 g/mol. The van der Waals surface area contributed by atoms with Crippen molar-refractivity contribution in [2.24, 2.45) is 5.41 Å². The molecule has 0 radical (unpaired) electrons. The van der Waals surface area contributed by atoms with E-state index in [1.54, 1.807) is 0 Å². The number of amides is 1. The number of piperidine rings is 1. The highest BCUT2D eigenvalue weighted by atomic mass is 16.5. The molecule has 1 aromatic carbocycles. The second kappa shape index (κ2) is 8.98. The SMILES string of the molecule is CN1CCC(C)(C(=O)NC[C@@H]2CN(Cc3ccccc3)CCCO2)CC1. The van der Waals surface area contributed by atoms with Crippen molar-refractivity contribution >= 4 is 5.91 Å². The molecule has 2 aliphatic heterocycles. The van der Waals surface area contributed by atoms with Gasteiger partial charge in [0.2, 0.25) is 5.91 Å². The van der Waals surface area contributed by atoms with Gasteiger partial charge in [-0.2, -0.15) is 0 Å². The molecule has 5 nitrogen and oxygen atoms in total. The van der Waals surface area contributed by atoms with Gasteiger partial charge in [-0.15, -0.1) is 0 Å². The average molecular weight is 360 g/mol. The normalized spacial score (nSPS) is 24.8. The van der Waals surface area contributed by atoms with Gasteiger partial charge in [-0.1, -0.05) is 37.3 Å². The highest BCUT2D eigenvalue weighted by Crippen LogP contribution is 2.30. The number of nitrogens with zero attached hydrogens (tertiary/aromatic N) is 2. The maximum Gasteiger partial charge on any atom is 0.226 e. The Hall–Kier alpha value is -1.43. The molecule has 0 aromatic heterocycles. The summed E-state index contributed by atoms with van der Waals surface area (Å²) in [5.41, 5.74) is 1.09. The molecule has 2 aliphatic rings. The molecule has 2 fully saturated rings. The van der Waals surface area contributed by atoms with Crippen LogP contribution in [0.5, 0.6) is 0 Å². The van der Waals surface area contributed by atoms with Crippen LogP contribution < -0.4 is 5.32 Å². The van der Waals surface area contributed by atoms with Gasteiger partial charge in [-0.25, -0.2) is 0 Å². The summed E-state index contributed by atoms with van der Waals surface area (Å²) in [6.07, 6.45) is 2.98. The lowest BCUT2D eigenvalue weighted by atomic mass is 9.79. The zero-order valence-corrected chi connectivity index (χ0v) is 16.2. The summed E-state index contributed by atoms with van der Waals surface area (Å²) in [4.78, 5) is 17.5. The third kappa shape index (κ3) is 5.29. The minimum atomic E-state index is -0.235. The zero-order valence-electron chi connectivity index (χ0n) is 16.2. The Morgan fingerprint density at radius 1 is 1.23 bits per heavy atom. The first-order valence-electron chi connectivity index (χ1n) is 9.90. The van der Waals surface area contributed by atoms with Crippen LogP contribution in [0.4, 0.5) is 0 Å². The molecule has 1 atom stereocenters. The zero-order chi connectivity index (χ0) is 18.4. The summed E-state index contributed by atoms with van der Waals surface area (Å²) in [7, 11) is 2.12. The molecular weight excluding hydrogens is 326 g/mol. The summed E-state index contributed by atoms with van der Waals surface area (Å²) in [5, 5.41) is 3.18. The molecule has 144 valence electrons. The Morgan fingerprint density at radius 2 is 1.96 bits per heavy atom. The maximum absolute atomic E-state index is 12.7.